The Morgan fingerprint density at radius 2 is 0.529 bits per heavy atom. The smallest absolute Gasteiger partial charge is 0.263 e. The lowest BCUT2D eigenvalue weighted by Crippen LogP contribution is -2.32. The van der Waals surface area contributed by atoms with Gasteiger partial charge in [-0.3, -0.25) is 29.1 Å². The average molecular weight is 664 g/mol. The molecule has 7 rings (SSSR count). The summed E-state index contributed by atoms with van der Waals surface area (Å²) in [5, 5.41) is 0. The van der Waals surface area contributed by atoms with Crippen LogP contribution < -0.4 is 14.7 Å². The molecule has 7 aromatic rings. The molecule has 0 heterocycles. The molecule has 0 aliphatic heterocycles. The van der Waals surface area contributed by atoms with E-state index in [1.807, 2.05) is 182 Å². The fourth-order valence-corrected chi connectivity index (χ4v) is 6.02. The molecule has 51 heavy (non-hydrogen) atoms. The predicted octanol–water partition coefficient (Wildman–Crippen LogP) is 10.6. The molecule has 0 unspecified atom stereocenters. The van der Waals surface area contributed by atoms with Crippen molar-refractivity contribution in [1.82, 2.24) is 0 Å². The van der Waals surface area contributed by atoms with Crippen LogP contribution >= 0.6 is 0 Å². The number of rotatable bonds is 9. The Morgan fingerprint density at radius 1 is 0.275 bits per heavy atom. The van der Waals surface area contributed by atoms with Crippen molar-refractivity contribution in [2.45, 2.75) is 0 Å². The minimum Gasteiger partial charge on any atom is -0.277 e. The topological polar surface area (TPSA) is 60.9 Å². The van der Waals surface area contributed by atoms with E-state index in [1.165, 1.54) is 0 Å². The van der Waals surface area contributed by atoms with Crippen LogP contribution in [0.25, 0.3) is 0 Å². The van der Waals surface area contributed by atoms with Gasteiger partial charge in [0.15, 0.2) is 0 Å². The fourth-order valence-electron chi connectivity index (χ4n) is 6.02. The van der Waals surface area contributed by atoms with Gasteiger partial charge < -0.3 is 0 Å². The Morgan fingerprint density at radius 3 is 0.824 bits per heavy atom. The SMILES string of the molecule is O=C(c1ccc(C(=O)N(c2ccccc2)c2ccccc2)c(C(=O)N(c2ccccc2)c2ccccc2)c1)N(c1ccccc1)c1ccccc1. The lowest BCUT2D eigenvalue weighted by molar-refractivity contribution is 0.0965. The highest BCUT2D eigenvalue weighted by molar-refractivity contribution is 6.22. The lowest BCUT2D eigenvalue weighted by atomic mass is 9.99. The van der Waals surface area contributed by atoms with Crippen molar-refractivity contribution in [3.05, 3.63) is 217 Å². The highest BCUT2D eigenvalue weighted by Gasteiger charge is 2.30. The third-order valence-corrected chi connectivity index (χ3v) is 8.42. The maximum Gasteiger partial charge on any atom is 0.263 e. The number of hydrogen-bond donors (Lipinski definition) is 0. The normalized spacial score (nSPS) is 10.6. The first kappa shape index (κ1) is 32.5. The number of carbonyl (C=O) groups is 3. The van der Waals surface area contributed by atoms with Crippen LogP contribution in [0.4, 0.5) is 34.1 Å². The van der Waals surface area contributed by atoms with E-state index in [9.17, 15) is 9.59 Å². The van der Waals surface area contributed by atoms with Gasteiger partial charge in [0, 0.05) is 39.7 Å². The molecule has 7 aromatic carbocycles. The molecule has 0 bridgehead atoms. The van der Waals surface area contributed by atoms with Crippen LogP contribution in [0, 0.1) is 0 Å². The summed E-state index contributed by atoms with van der Waals surface area (Å²) in [6.07, 6.45) is 0. The third-order valence-electron chi connectivity index (χ3n) is 8.42. The monoisotopic (exact) mass is 663 g/mol. The van der Waals surface area contributed by atoms with Gasteiger partial charge in [-0.2, -0.15) is 0 Å². The highest BCUT2D eigenvalue weighted by Crippen LogP contribution is 2.33. The van der Waals surface area contributed by atoms with Crippen molar-refractivity contribution in [1.29, 1.82) is 0 Å². The van der Waals surface area contributed by atoms with E-state index in [2.05, 4.69) is 0 Å². The van der Waals surface area contributed by atoms with Gasteiger partial charge in [-0.1, -0.05) is 109 Å². The summed E-state index contributed by atoms with van der Waals surface area (Å²) in [5.41, 5.74) is 4.29. The molecule has 0 aromatic heterocycles. The van der Waals surface area contributed by atoms with Crippen molar-refractivity contribution < 1.29 is 14.4 Å². The molecular formula is C45H33N3O3. The molecule has 0 fully saturated rings. The van der Waals surface area contributed by atoms with Gasteiger partial charge in [0.1, 0.15) is 0 Å². The first-order chi connectivity index (χ1) is 25.1. The zero-order valence-electron chi connectivity index (χ0n) is 27.6. The second-order valence-corrected chi connectivity index (χ2v) is 11.7. The molecule has 6 heteroatoms. The maximum absolute atomic E-state index is 15.1. The van der Waals surface area contributed by atoms with Gasteiger partial charge in [-0.25, -0.2) is 0 Å². The number of amides is 3. The highest BCUT2D eigenvalue weighted by atomic mass is 16.2. The summed E-state index contributed by atoms with van der Waals surface area (Å²) in [4.78, 5) is 49.3. The molecule has 6 nitrogen and oxygen atoms in total. The van der Waals surface area contributed by atoms with Gasteiger partial charge >= 0.3 is 0 Å². The van der Waals surface area contributed by atoms with Crippen molar-refractivity contribution in [2.75, 3.05) is 14.7 Å². The van der Waals surface area contributed by atoms with Gasteiger partial charge in [0.25, 0.3) is 17.7 Å². The van der Waals surface area contributed by atoms with E-state index in [0.29, 0.717) is 34.1 Å². The lowest BCUT2D eigenvalue weighted by Gasteiger charge is -2.28. The van der Waals surface area contributed by atoms with Crippen LogP contribution in [0.2, 0.25) is 0 Å². The largest absolute Gasteiger partial charge is 0.277 e. The van der Waals surface area contributed by atoms with Crippen LogP contribution in [0.5, 0.6) is 0 Å². The van der Waals surface area contributed by atoms with Gasteiger partial charge in [0.2, 0.25) is 0 Å². The first-order valence-corrected chi connectivity index (χ1v) is 16.6. The molecular weight excluding hydrogens is 631 g/mol. The van der Waals surface area contributed by atoms with E-state index < -0.39 is 11.8 Å². The molecule has 0 N–H and O–H groups in total. The average Bonchev–Trinajstić information content (AvgIpc) is 3.20. The van der Waals surface area contributed by atoms with E-state index >= 15 is 4.79 Å². The van der Waals surface area contributed by atoms with Crippen molar-refractivity contribution in [3.63, 3.8) is 0 Å². The quantitative estimate of drug-likeness (QED) is 0.154. The predicted molar refractivity (Wildman–Crippen MR) is 205 cm³/mol. The standard InChI is InChI=1S/C45H33N3O3/c49-43(46(35-19-7-1-8-20-35)36-21-9-2-10-22-36)34-31-32-41(44(50)47(37-23-11-3-12-24-37)38-25-13-4-14-26-38)42(33-34)45(51)48(39-27-15-5-16-28-39)40-29-17-6-18-30-40/h1-33H. The minimum atomic E-state index is -0.461. The van der Waals surface area contributed by atoms with Crippen LogP contribution in [0.15, 0.2) is 200 Å². The molecule has 0 saturated heterocycles. The molecule has 3 amide bonds. The zero-order valence-corrected chi connectivity index (χ0v) is 27.6. The Hall–Kier alpha value is -7.05. The fraction of sp³-hybridized carbons (Fsp3) is 0. The molecule has 0 saturated carbocycles. The summed E-state index contributed by atoms with van der Waals surface area (Å²) in [5.74, 6) is -1.23. The van der Waals surface area contributed by atoms with E-state index in [-0.39, 0.29) is 22.6 Å². The van der Waals surface area contributed by atoms with Gasteiger partial charge in [0.05, 0.1) is 11.1 Å². The van der Waals surface area contributed by atoms with E-state index in [0.717, 1.165) is 0 Å². The Kier molecular flexibility index (Phi) is 9.57. The molecule has 0 radical (unpaired) electrons. The van der Waals surface area contributed by atoms with Crippen LogP contribution in [-0.2, 0) is 0 Å². The minimum absolute atomic E-state index is 0.0801. The van der Waals surface area contributed by atoms with Crippen molar-refractivity contribution in [2.24, 2.45) is 0 Å². The molecule has 0 aliphatic carbocycles. The molecule has 0 aliphatic rings. The van der Waals surface area contributed by atoms with Crippen molar-refractivity contribution in [3.8, 4) is 0 Å². The Labute approximate surface area is 297 Å². The second kappa shape index (κ2) is 15.0. The Bertz CT molecular complexity index is 2130. The maximum atomic E-state index is 15.1. The summed E-state index contributed by atoms with van der Waals surface area (Å²) < 4.78 is 0. The van der Waals surface area contributed by atoms with E-state index in [1.54, 1.807) is 32.9 Å². The summed E-state index contributed by atoms with van der Waals surface area (Å²) >= 11 is 0. The zero-order chi connectivity index (χ0) is 35.0. The number of hydrogen-bond acceptors (Lipinski definition) is 3. The van der Waals surface area contributed by atoms with Crippen molar-refractivity contribution >= 4 is 51.8 Å². The van der Waals surface area contributed by atoms with Crippen LogP contribution in [0.1, 0.15) is 31.1 Å². The summed E-state index contributed by atoms with van der Waals surface area (Å²) in [6.45, 7) is 0. The number of para-hydroxylation sites is 6. The number of carbonyl (C=O) groups excluding carboxylic acids is 3. The molecule has 246 valence electrons. The first-order valence-electron chi connectivity index (χ1n) is 16.6. The van der Waals surface area contributed by atoms with Crippen LogP contribution in [-0.4, -0.2) is 17.7 Å². The summed E-state index contributed by atoms with van der Waals surface area (Å²) in [7, 11) is 0. The second-order valence-electron chi connectivity index (χ2n) is 11.7. The molecule has 0 spiro atoms. The summed E-state index contributed by atoms with van der Waals surface area (Å²) in [6, 6.07) is 60.6. The molecule has 0 atom stereocenters. The van der Waals surface area contributed by atoms with Gasteiger partial charge in [-0.05, 0) is 91.0 Å². The van der Waals surface area contributed by atoms with Crippen LogP contribution in [0.3, 0.4) is 0 Å². The number of anilines is 6. The van der Waals surface area contributed by atoms with Gasteiger partial charge in [-0.15, -0.1) is 0 Å². The van der Waals surface area contributed by atoms with E-state index in [4.69, 9.17) is 0 Å². The Balaban J connectivity index is 1.42. The third kappa shape index (κ3) is 6.93. The number of benzene rings is 7. The number of nitrogens with zero attached hydrogens (tertiary/aromatic N) is 3.